The molecule has 0 saturated carbocycles. The number of hydrogen-bond donors (Lipinski definition) is 1. The van der Waals surface area contributed by atoms with E-state index in [9.17, 15) is 5.11 Å². The lowest BCUT2D eigenvalue weighted by atomic mass is 10.1. The van der Waals surface area contributed by atoms with Crippen LogP contribution in [0.2, 0.25) is 5.02 Å². The second kappa shape index (κ2) is 8.73. The molecule has 28 heavy (non-hydrogen) atoms. The summed E-state index contributed by atoms with van der Waals surface area (Å²) in [7, 11) is 0. The number of benzene rings is 2. The van der Waals surface area contributed by atoms with Crippen LogP contribution in [0.15, 0.2) is 36.4 Å². The Hall–Kier alpha value is -1.75. The Bertz CT molecular complexity index is 818. The summed E-state index contributed by atoms with van der Waals surface area (Å²) in [6.07, 6.45) is 3.08. The predicted molar refractivity (Wildman–Crippen MR) is 115 cm³/mol. The number of halogens is 1. The Morgan fingerprint density at radius 3 is 2.61 bits per heavy atom. The molecule has 2 aliphatic rings. The van der Waals surface area contributed by atoms with E-state index in [0.717, 1.165) is 48.9 Å². The smallest absolute Gasteiger partial charge is 0.119 e. The van der Waals surface area contributed by atoms with E-state index in [4.69, 9.17) is 16.3 Å². The van der Waals surface area contributed by atoms with Gasteiger partial charge in [-0.3, -0.25) is 4.90 Å². The van der Waals surface area contributed by atoms with Gasteiger partial charge in [-0.05, 0) is 67.1 Å². The van der Waals surface area contributed by atoms with Gasteiger partial charge in [-0.1, -0.05) is 23.7 Å². The Morgan fingerprint density at radius 2 is 1.82 bits per heavy atom. The summed E-state index contributed by atoms with van der Waals surface area (Å²) >= 11 is 6.26. The number of anilines is 1. The fraction of sp³-hybridized carbons (Fsp3) is 0.478. The van der Waals surface area contributed by atoms with Gasteiger partial charge in [0.1, 0.15) is 18.5 Å². The average molecular weight is 401 g/mol. The van der Waals surface area contributed by atoms with Gasteiger partial charge >= 0.3 is 0 Å². The van der Waals surface area contributed by atoms with E-state index in [1.54, 1.807) is 0 Å². The summed E-state index contributed by atoms with van der Waals surface area (Å²) in [6, 6.07) is 12.6. The molecular formula is C23H29ClN2O2. The molecule has 1 N–H and O–H groups in total. The van der Waals surface area contributed by atoms with E-state index in [1.165, 1.54) is 29.7 Å². The normalized spacial score (nSPS) is 18.2. The molecule has 4 nitrogen and oxygen atoms in total. The van der Waals surface area contributed by atoms with E-state index in [0.29, 0.717) is 13.2 Å². The molecule has 5 heteroatoms. The van der Waals surface area contributed by atoms with E-state index in [-0.39, 0.29) is 0 Å². The first kappa shape index (κ1) is 19.6. The third-order valence-corrected chi connectivity index (χ3v) is 6.28. The fourth-order valence-corrected chi connectivity index (χ4v) is 4.32. The van der Waals surface area contributed by atoms with Crippen LogP contribution < -0.4 is 9.64 Å². The van der Waals surface area contributed by atoms with Crippen molar-refractivity contribution < 1.29 is 9.84 Å². The van der Waals surface area contributed by atoms with Crippen LogP contribution in [0, 0.1) is 6.92 Å². The molecule has 0 spiro atoms. The maximum absolute atomic E-state index is 10.4. The van der Waals surface area contributed by atoms with E-state index in [2.05, 4.69) is 34.1 Å². The fourth-order valence-electron chi connectivity index (χ4n) is 4.15. The molecule has 1 saturated heterocycles. The molecule has 2 aromatic carbocycles. The molecular weight excluding hydrogens is 372 g/mol. The van der Waals surface area contributed by atoms with Crippen LogP contribution in [0.3, 0.4) is 0 Å². The number of fused-ring (bicyclic) bond motifs is 1. The van der Waals surface area contributed by atoms with Crippen LogP contribution in [0.5, 0.6) is 5.75 Å². The summed E-state index contributed by atoms with van der Waals surface area (Å²) in [5.41, 5.74) is 5.13. The number of aliphatic hydroxyl groups is 1. The minimum absolute atomic E-state index is 0.340. The van der Waals surface area contributed by atoms with Gasteiger partial charge in [-0.2, -0.15) is 0 Å². The molecule has 1 heterocycles. The molecule has 1 atom stereocenters. The van der Waals surface area contributed by atoms with Crippen LogP contribution in [-0.4, -0.2) is 55.4 Å². The molecule has 150 valence electrons. The average Bonchev–Trinajstić information content (AvgIpc) is 3.17. The highest BCUT2D eigenvalue weighted by atomic mass is 35.5. The molecule has 0 radical (unpaired) electrons. The summed E-state index contributed by atoms with van der Waals surface area (Å²) in [5.74, 6) is 0.876. The Balaban J connectivity index is 1.22. The van der Waals surface area contributed by atoms with E-state index < -0.39 is 6.10 Å². The molecule has 1 aliphatic carbocycles. The van der Waals surface area contributed by atoms with Crippen molar-refractivity contribution in [1.29, 1.82) is 0 Å². The number of aryl methyl sites for hydroxylation is 3. The second-order valence-electron chi connectivity index (χ2n) is 7.97. The van der Waals surface area contributed by atoms with Crippen molar-refractivity contribution >= 4 is 17.3 Å². The number of β-amino-alcohol motifs (C(OH)–C–C–N with tert-alkyl or cyclic N) is 1. The molecule has 1 aliphatic heterocycles. The highest BCUT2D eigenvalue weighted by Crippen LogP contribution is 2.26. The van der Waals surface area contributed by atoms with E-state index >= 15 is 0 Å². The first-order valence-corrected chi connectivity index (χ1v) is 10.6. The molecule has 4 rings (SSSR count). The lowest BCUT2D eigenvalue weighted by Gasteiger charge is -2.37. The van der Waals surface area contributed by atoms with Gasteiger partial charge < -0.3 is 14.7 Å². The van der Waals surface area contributed by atoms with Crippen LogP contribution >= 0.6 is 11.6 Å². The number of nitrogens with zero attached hydrogens (tertiary/aromatic N) is 2. The Morgan fingerprint density at radius 1 is 1.04 bits per heavy atom. The summed E-state index contributed by atoms with van der Waals surface area (Å²) in [6.45, 7) is 6.76. The van der Waals surface area contributed by atoms with Gasteiger partial charge in [-0.25, -0.2) is 0 Å². The zero-order valence-electron chi connectivity index (χ0n) is 16.5. The largest absolute Gasteiger partial charge is 0.491 e. The summed E-state index contributed by atoms with van der Waals surface area (Å²) < 4.78 is 5.85. The van der Waals surface area contributed by atoms with Crippen molar-refractivity contribution in [3.05, 3.63) is 58.1 Å². The number of hydrogen-bond acceptors (Lipinski definition) is 4. The van der Waals surface area contributed by atoms with Gasteiger partial charge in [0.05, 0.1) is 0 Å². The standard InChI is InChI=1S/C23H29ClN2O2/c1-17-5-7-20(14-23(17)24)26-11-9-25(10-12-26)15-21(27)16-28-22-8-6-18-3-2-4-19(18)13-22/h5-8,13-14,21,27H,2-4,9-12,15-16H2,1H3/t21-/m1/s1. The minimum Gasteiger partial charge on any atom is -0.491 e. The van der Waals surface area contributed by atoms with E-state index in [1.807, 2.05) is 19.1 Å². The van der Waals surface area contributed by atoms with Crippen LogP contribution in [-0.2, 0) is 12.8 Å². The third-order valence-electron chi connectivity index (χ3n) is 5.87. The number of piperazine rings is 1. The van der Waals surface area contributed by atoms with Gasteiger partial charge in [0.2, 0.25) is 0 Å². The first-order valence-electron chi connectivity index (χ1n) is 10.2. The monoisotopic (exact) mass is 400 g/mol. The molecule has 0 aromatic heterocycles. The van der Waals surface area contributed by atoms with Gasteiger partial charge in [0.25, 0.3) is 0 Å². The maximum Gasteiger partial charge on any atom is 0.119 e. The third kappa shape index (κ3) is 4.62. The summed E-state index contributed by atoms with van der Waals surface area (Å²) in [5, 5.41) is 11.2. The molecule has 0 unspecified atom stereocenters. The minimum atomic E-state index is -0.478. The maximum atomic E-state index is 10.4. The quantitative estimate of drug-likeness (QED) is 0.802. The predicted octanol–water partition coefficient (Wildman–Crippen LogP) is 3.70. The highest BCUT2D eigenvalue weighted by molar-refractivity contribution is 6.31. The molecule has 0 amide bonds. The second-order valence-corrected chi connectivity index (χ2v) is 8.38. The van der Waals surface area contributed by atoms with Crippen LogP contribution in [0.1, 0.15) is 23.1 Å². The van der Waals surface area contributed by atoms with Crippen LogP contribution in [0.25, 0.3) is 0 Å². The van der Waals surface area contributed by atoms with Crippen LogP contribution in [0.4, 0.5) is 5.69 Å². The molecule has 0 bridgehead atoms. The highest BCUT2D eigenvalue weighted by Gasteiger charge is 2.20. The lowest BCUT2D eigenvalue weighted by Crippen LogP contribution is -2.49. The van der Waals surface area contributed by atoms with Crippen molar-refractivity contribution in [2.45, 2.75) is 32.3 Å². The number of rotatable bonds is 6. The molecule has 1 fully saturated rings. The first-order chi connectivity index (χ1) is 13.6. The van der Waals surface area contributed by atoms with Gasteiger partial charge in [-0.15, -0.1) is 0 Å². The van der Waals surface area contributed by atoms with Crippen molar-refractivity contribution in [2.75, 3.05) is 44.2 Å². The summed E-state index contributed by atoms with van der Waals surface area (Å²) in [4.78, 5) is 4.66. The number of ether oxygens (including phenoxy) is 1. The lowest BCUT2D eigenvalue weighted by molar-refractivity contribution is 0.0663. The Labute approximate surface area is 172 Å². The zero-order valence-corrected chi connectivity index (χ0v) is 17.3. The van der Waals surface area contributed by atoms with Crippen molar-refractivity contribution in [3.8, 4) is 5.75 Å². The van der Waals surface area contributed by atoms with Crippen molar-refractivity contribution in [3.63, 3.8) is 0 Å². The molecule has 2 aromatic rings. The van der Waals surface area contributed by atoms with Gasteiger partial charge in [0.15, 0.2) is 0 Å². The van der Waals surface area contributed by atoms with Gasteiger partial charge in [0, 0.05) is 43.4 Å². The number of aliphatic hydroxyl groups excluding tert-OH is 1. The topological polar surface area (TPSA) is 35.9 Å². The SMILES string of the molecule is Cc1ccc(N2CCN(C[C@@H](O)COc3ccc4c(c3)CCC4)CC2)cc1Cl. The van der Waals surface area contributed by atoms with Crippen molar-refractivity contribution in [2.24, 2.45) is 0 Å². The zero-order chi connectivity index (χ0) is 19.5. The Kier molecular flexibility index (Phi) is 6.10. The van der Waals surface area contributed by atoms with Crippen molar-refractivity contribution in [1.82, 2.24) is 4.90 Å².